The lowest BCUT2D eigenvalue weighted by molar-refractivity contribution is -0.139. The zero-order valence-electron chi connectivity index (χ0n) is 19.2. The molecule has 0 radical (unpaired) electrons. The van der Waals surface area contributed by atoms with Crippen LogP contribution in [-0.2, 0) is 12.6 Å². The second-order valence-corrected chi connectivity index (χ2v) is 9.52. The van der Waals surface area contributed by atoms with E-state index in [1.165, 1.54) is 82.3 Å². The summed E-state index contributed by atoms with van der Waals surface area (Å²) in [6.45, 7) is 2.26. The minimum atomic E-state index is -4.67. The second kappa shape index (κ2) is 11.9. The molecule has 1 fully saturated rings. The first-order valence-corrected chi connectivity index (χ1v) is 12.3. The first kappa shape index (κ1) is 24.8. The first-order valence-electron chi connectivity index (χ1n) is 12.3. The van der Waals surface area contributed by atoms with Crippen LogP contribution in [0.15, 0.2) is 42.5 Å². The summed E-state index contributed by atoms with van der Waals surface area (Å²) < 4.78 is 52.1. The smallest absolute Gasteiger partial charge is 0.206 e. The van der Waals surface area contributed by atoms with Crippen molar-refractivity contribution in [1.82, 2.24) is 0 Å². The van der Waals surface area contributed by atoms with Crippen molar-refractivity contribution in [2.45, 2.75) is 90.1 Å². The van der Waals surface area contributed by atoms with Crippen LogP contribution in [0.5, 0.6) is 0 Å². The van der Waals surface area contributed by atoms with Crippen molar-refractivity contribution in [3.05, 3.63) is 59.4 Å². The van der Waals surface area contributed by atoms with E-state index < -0.39 is 17.6 Å². The number of hydrogen-bond donors (Lipinski definition) is 0. The molecule has 0 aromatic heterocycles. The fraction of sp³-hybridized carbons (Fsp3) is 0.571. The fourth-order valence-electron chi connectivity index (χ4n) is 5.00. The summed E-state index contributed by atoms with van der Waals surface area (Å²) in [6.07, 6.45) is 11.2. The van der Waals surface area contributed by atoms with Gasteiger partial charge in [-0.25, -0.2) is 4.39 Å². The van der Waals surface area contributed by atoms with Gasteiger partial charge < -0.3 is 0 Å². The van der Waals surface area contributed by atoms with E-state index in [0.717, 1.165) is 36.0 Å². The molecule has 0 N–H and O–H groups in total. The zero-order chi connectivity index (χ0) is 23.0. The van der Waals surface area contributed by atoms with Crippen molar-refractivity contribution in [3.63, 3.8) is 0 Å². The highest BCUT2D eigenvalue weighted by molar-refractivity contribution is 5.64. The number of hydrogen-bond acceptors (Lipinski definition) is 0. The molecule has 2 aromatic carbocycles. The van der Waals surface area contributed by atoms with E-state index in [-0.39, 0.29) is 0 Å². The molecule has 0 heterocycles. The molecule has 0 amide bonds. The Morgan fingerprint density at radius 3 is 1.94 bits per heavy atom. The normalized spacial score (nSPS) is 19.3. The Hall–Kier alpha value is -1.84. The first-order chi connectivity index (χ1) is 15.4. The lowest BCUT2D eigenvalue weighted by Gasteiger charge is -2.28. The molecule has 3 rings (SSSR count). The third kappa shape index (κ3) is 7.35. The summed E-state index contributed by atoms with van der Waals surface area (Å²) in [4.78, 5) is 0. The maximum absolute atomic E-state index is 13.9. The van der Waals surface area contributed by atoms with Crippen LogP contribution in [0.25, 0.3) is 11.1 Å². The van der Waals surface area contributed by atoms with Gasteiger partial charge in [0.2, 0.25) is 0 Å². The lowest BCUT2D eigenvalue weighted by atomic mass is 9.77. The zero-order valence-corrected chi connectivity index (χ0v) is 19.2. The Kier molecular flexibility index (Phi) is 9.19. The summed E-state index contributed by atoms with van der Waals surface area (Å²) in [5.74, 6) is 0.502. The molecule has 0 atom stereocenters. The van der Waals surface area contributed by atoms with Gasteiger partial charge in [-0.2, -0.15) is 13.2 Å². The Balaban J connectivity index is 1.43. The van der Waals surface area contributed by atoms with Gasteiger partial charge in [-0.15, -0.1) is 0 Å². The number of halogens is 4. The second-order valence-electron chi connectivity index (χ2n) is 9.52. The summed E-state index contributed by atoms with van der Waals surface area (Å²) in [6, 6.07) is 10.9. The molecule has 0 unspecified atom stereocenters. The van der Waals surface area contributed by atoms with Gasteiger partial charge in [0.1, 0.15) is 5.82 Å². The Morgan fingerprint density at radius 2 is 1.34 bits per heavy atom. The maximum atomic E-state index is 13.9. The lowest BCUT2D eigenvalue weighted by Crippen LogP contribution is -2.15. The molecule has 32 heavy (non-hydrogen) atoms. The van der Waals surface area contributed by atoms with Gasteiger partial charge in [0, 0.05) is 0 Å². The molecule has 4 heteroatoms. The van der Waals surface area contributed by atoms with Gasteiger partial charge in [0.25, 0.3) is 0 Å². The average Bonchev–Trinajstić information content (AvgIpc) is 2.78. The molecule has 1 saturated carbocycles. The highest BCUT2D eigenvalue weighted by Gasteiger charge is 2.33. The van der Waals surface area contributed by atoms with Crippen LogP contribution in [0.1, 0.15) is 88.7 Å². The largest absolute Gasteiger partial charge is 0.419 e. The summed E-state index contributed by atoms with van der Waals surface area (Å²) in [7, 11) is 0. The molecule has 2 aromatic rings. The molecule has 0 saturated heterocycles. The van der Waals surface area contributed by atoms with E-state index in [4.69, 9.17) is 0 Å². The minimum Gasteiger partial charge on any atom is -0.206 e. The predicted octanol–water partition coefficient (Wildman–Crippen LogP) is 9.61. The molecule has 0 bridgehead atoms. The van der Waals surface area contributed by atoms with Crippen molar-refractivity contribution >= 4 is 0 Å². The van der Waals surface area contributed by atoms with Gasteiger partial charge in [0.15, 0.2) is 0 Å². The molecular formula is C28H36F4. The molecule has 0 nitrogen and oxygen atoms in total. The van der Waals surface area contributed by atoms with E-state index in [2.05, 4.69) is 6.92 Å². The van der Waals surface area contributed by atoms with Gasteiger partial charge in [0.05, 0.1) is 5.56 Å². The molecular weight excluding hydrogens is 412 g/mol. The van der Waals surface area contributed by atoms with Gasteiger partial charge in [-0.3, -0.25) is 0 Å². The highest BCUT2D eigenvalue weighted by atomic mass is 19.4. The highest BCUT2D eigenvalue weighted by Crippen LogP contribution is 2.35. The van der Waals surface area contributed by atoms with Gasteiger partial charge in [-0.05, 0) is 53.5 Å². The van der Waals surface area contributed by atoms with E-state index in [0.29, 0.717) is 5.56 Å². The monoisotopic (exact) mass is 448 g/mol. The Labute approximate surface area is 190 Å². The number of benzene rings is 2. The maximum Gasteiger partial charge on any atom is 0.419 e. The fourth-order valence-corrected chi connectivity index (χ4v) is 5.00. The van der Waals surface area contributed by atoms with Crippen LogP contribution >= 0.6 is 0 Å². The number of alkyl halides is 3. The van der Waals surface area contributed by atoms with E-state index in [9.17, 15) is 17.6 Å². The van der Waals surface area contributed by atoms with E-state index >= 15 is 0 Å². The number of rotatable bonds is 10. The quantitative estimate of drug-likeness (QED) is 0.251. The third-order valence-corrected chi connectivity index (χ3v) is 7.09. The molecule has 1 aliphatic rings. The van der Waals surface area contributed by atoms with E-state index in [1.807, 2.05) is 24.3 Å². The number of aryl methyl sites for hydroxylation is 1. The minimum absolute atomic E-state index is 0.468. The van der Waals surface area contributed by atoms with Gasteiger partial charge >= 0.3 is 6.18 Å². The van der Waals surface area contributed by atoms with Crippen molar-refractivity contribution in [2.24, 2.45) is 11.8 Å². The summed E-state index contributed by atoms with van der Waals surface area (Å²) >= 11 is 0. The molecule has 1 aliphatic carbocycles. The van der Waals surface area contributed by atoms with Crippen LogP contribution in [0.4, 0.5) is 17.6 Å². The van der Waals surface area contributed by atoms with Crippen molar-refractivity contribution in [2.75, 3.05) is 0 Å². The predicted molar refractivity (Wildman–Crippen MR) is 124 cm³/mol. The van der Waals surface area contributed by atoms with Crippen LogP contribution in [0, 0.1) is 17.7 Å². The summed E-state index contributed by atoms with van der Waals surface area (Å²) in [5, 5.41) is 0. The van der Waals surface area contributed by atoms with Crippen LogP contribution in [0.2, 0.25) is 0 Å². The SMILES string of the molecule is CCCCCCCC1CCC(CCc2ccc(-c3ccc(C(F)(F)F)c(F)c3)cc2)CC1. The van der Waals surface area contributed by atoms with Crippen LogP contribution in [0.3, 0.4) is 0 Å². The molecule has 0 spiro atoms. The topological polar surface area (TPSA) is 0 Å². The van der Waals surface area contributed by atoms with Gasteiger partial charge in [-0.1, -0.05) is 101 Å². The van der Waals surface area contributed by atoms with Crippen molar-refractivity contribution in [1.29, 1.82) is 0 Å². The van der Waals surface area contributed by atoms with Crippen molar-refractivity contribution < 1.29 is 17.6 Å². The van der Waals surface area contributed by atoms with Crippen LogP contribution < -0.4 is 0 Å². The summed E-state index contributed by atoms with van der Waals surface area (Å²) in [5.41, 5.74) is 1.22. The standard InChI is InChI=1S/C28H36F4/c1-2-3-4-5-6-7-21-8-10-22(11-9-21)12-13-23-14-16-24(17-15-23)25-18-19-26(27(29)20-25)28(30,31)32/h14-22H,2-13H2,1H3. The number of unbranched alkanes of at least 4 members (excludes halogenated alkanes) is 4. The third-order valence-electron chi connectivity index (χ3n) is 7.09. The Bertz CT molecular complexity index is 814. The molecule has 0 aliphatic heterocycles. The van der Waals surface area contributed by atoms with Crippen LogP contribution in [-0.4, -0.2) is 0 Å². The molecule has 176 valence electrons. The Morgan fingerprint density at radius 1 is 0.750 bits per heavy atom. The average molecular weight is 449 g/mol. The van der Waals surface area contributed by atoms with E-state index in [1.54, 1.807) is 0 Å². The van der Waals surface area contributed by atoms with Crippen molar-refractivity contribution in [3.8, 4) is 11.1 Å².